The van der Waals surface area contributed by atoms with Gasteiger partial charge in [0.2, 0.25) is 0 Å². The molecule has 0 aliphatic carbocycles. The van der Waals surface area contributed by atoms with Crippen LogP contribution in [0.5, 0.6) is 0 Å². The van der Waals surface area contributed by atoms with Gasteiger partial charge < -0.3 is 0 Å². The number of hydrogen-bond donors (Lipinski definition) is 0. The fourth-order valence-electron chi connectivity index (χ4n) is 0. The second-order valence-electron chi connectivity index (χ2n) is 0.408. The molecule has 0 nitrogen and oxygen atoms in total. The Hall–Kier alpha value is 1.35. The topological polar surface area (TPSA) is 0 Å². The van der Waals surface area contributed by atoms with Gasteiger partial charge in [-0.1, -0.05) is 0 Å². The summed E-state index contributed by atoms with van der Waals surface area (Å²) in [7, 11) is 0. The van der Waals surface area contributed by atoms with E-state index in [1.807, 2.05) is 12.5 Å². The average molecular weight is 207 g/mol. The Labute approximate surface area is 58.3 Å². The molecule has 0 aliphatic rings. The summed E-state index contributed by atoms with van der Waals surface area (Å²) < 4.78 is 0. The van der Waals surface area contributed by atoms with E-state index in [9.17, 15) is 0 Å². The van der Waals surface area contributed by atoms with Crippen LogP contribution in [0.2, 0.25) is 0 Å². The number of rotatable bonds is 0. The van der Waals surface area contributed by atoms with Crippen LogP contribution in [-0.4, -0.2) is 12.5 Å². The predicted octanol–water partition coefficient (Wildman–Crippen LogP) is 1.55. The van der Waals surface area contributed by atoms with Gasteiger partial charge in [-0.05, 0) is 12.5 Å². The molecule has 0 saturated carbocycles. The Morgan fingerprint density at radius 1 is 1.20 bits per heavy atom. The van der Waals surface area contributed by atoms with E-state index in [2.05, 4.69) is 0 Å². The summed E-state index contributed by atoms with van der Waals surface area (Å²) >= 11 is 1.75. The Bertz CT molecular complexity index is 9.61. The van der Waals surface area contributed by atoms with Crippen LogP contribution in [0.25, 0.3) is 0 Å². The van der Waals surface area contributed by atoms with Gasteiger partial charge in [-0.25, -0.2) is 0 Å². The van der Waals surface area contributed by atoms with E-state index in [0.29, 0.717) is 0 Å². The van der Waals surface area contributed by atoms with Crippen molar-refractivity contribution in [1.29, 1.82) is 0 Å². The summed E-state index contributed by atoms with van der Waals surface area (Å²) in [6, 6.07) is 0. The molecule has 0 bridgehead atoms. The quantitative estimate of drug-likeness (QED) is 0.542. The van der Waals surface area contributed by atoms with E-state index in [4.69, 9.17) is 0 Å². The normalized spacial score (nSPS) is 3.60. The van der Waals surface area contributed by atoms with Crippen LogP contribution < -0.4 is 0 Å². The molecule has 0 unspecified atom stereocenters. The van der Waals surface area contributed by atoms with Gasteiger partial charge in [-0.2, -0.15) is 11.8 Å². The summed E-state index contributed by atoms with van der Waals surface area (Å²) in [5.74, 6) is 0. The Kier molecular flexibility index (Phi) is 59.4. The van der Waals surface area contributed by atoms with Crippen LogP contribution in [-0.2, 0) is 17.1 Å². The second-order valence-corrected chi connectivity index (χ2v) is 1.22. The maximum Gasteiger partial charge on any atom is 0 e. The third-order valence-electron chi connectivity index (χ3n) is 0. The molecule has 0 heterocycles. The third kappa shape index (κ3) is 33.0. The summed E-state index contributed by atoms with van der Waals surface area (Å²) in [4.78, 5) is 0. The zero-order valence-electron chi connectivity index (χ0n) is 3.12. The Balaban J connectivity index is -0.0000000200. The largest absolute Gasteiger partial charge is 0.169 e. The third-order valence-corrected chi connectivity index (χ3v) is 0. The zero-order valence-corrected chi connectivity index (χ0v) is 6.59. The maximum absolute atomic E-state index is 2.04. The molecular formula is C2H7BrCuS. The van der Waals surface area contributed by atoms with Crippen molar-refractivity contribution in [2.24, 2.45) is 0 Å². The molecule has 5 heavy (non-hydrogen) atoms. The molecule has 0 amide bonds. The SMILES string of the molecule is Br.CSC.[Cu]. The molecule has 0 aromatic heterocycles. The molecule has 39 valence electrons. The Morgan fingerprint density at radius 3 is 1.20 bits per heavy atom. The molecule has 0 fully saturated rings. The minimum atomic E-state index is 0. The van der Waals surface area contributed by atoms with Crippen LogP contribution in [0.3, 0.4) is 0 Å². The first-order chi connectivity index (χ1) is 1.41. The van der Waals surface area contributed by atoms with Crippen molar-refractivity contribution in [2.45, 2.75) is 0 Å². The van der Waals surface area contributed by atoms with E-state index in [1.165, 1.54) is 0 Å². The summed E-state index contributed by atoms with van der Waals surface area (Å²) in [6.45, 7) is 0. The van der Waals surface area contributed by atoms with Gasteiger partial charge in [0, 0.05) is 17.1 Å². The standard InChI is InChI=1S/C2H6S.BrH.Cu/c1-3-2;;/h1-2H3;1H;. The number of thioether (sulfide) groups is 1. The molecule has 3 heteroatoms. The van der Waals surface area contributed by atoms with Gasteiger partial charge in [0.1, 0.15) is 0 Å². The minimum absolute atomic E-state index is 0. The molecule has 0 aliphatic heterocycles. The maximum atomic E-state index is 2.04. The van der Waals surface area contributed by atoms with E-state index < -0.39 is 0 Å². The minimum Gasteiger partial charge on any atom is -0.169 e. The first-order valence-corrected chi connectivity index (χ1v) is 2.45. The molecule has 0 atom stereocenters. The van der Waals surface area contributed by atoms with Crippen molar-refractivity contribution in [3.8, 4) is 0 Å². The van der Waals surface area contributed by atoms with E-state index in [0.717, 1.165) is 0 Å². The summed E-state index contributed by atoms with van der Waals surface area (Å²) in [6.07, 6.45) is 4.08. The molecular weight excluding hydrogens is 200 g/mol. The number of halogens is 1. The van der Waals surface area contributed by atoms with Crippen molar-refractivity contribution in [1.82, 2.24) is 0 Å². The molecule has 1 radical (unpaired) electrons. The van der Waals surface area contributed by atoms with Crippen molar-refractivity contribution >= 4 is 28.7 Å². The zero-order chi connectivity index (χ0) is 2.71. The Morgan fingerprint density at radius 2 is 1.20 bits per heavy atom. The van der Waals surface area contributed by atoms with E-state index in [1.54, 1.807) is 11.8 Å². The summed E-state index contributed by atoms with van der Waals surface area (Å²) in [5, 5.41) is 0. The predicted molar refractivity (Wildman–Crippen MR) is 29.8 cm³/mol. The fraction of sp³-hybridized carbons (Fsp3) is 1.00. The van der Waals surface area contributed by atoms with Crippen molar-refractivity contribution < 1.29 is 17.1 Å². The molecule has 0 N–H and O–H groups in total. The fourth-order valence-corrected chi connectivity index (χ4v) is 0. The second kappa shape index (κ2) is 18.3. The van der Waals surface area contributed by atoms with Gasteiger partial charge in [0.25, 0.3) is 0 Å². The van der Waals surface area contributed by atoms with Crippen molar-refractivity contribution in [2.75, 3.05) is 12.5 Å². The molecule has 0 aromatic rings. The molecule has 0 aromatic carbocycles. The van der Waals surface area contributed by atoms with Crippen molar-refractivity contribution in [3.63, 3.8) is 0 Å². The molecule has 0 saturated heterocycles. The van der Waals surface area contributed by atoms with Gasteiger partial charge in [-0.15, -0.1) is 17.0 Å². The van der Waals surface area contributed by atoms with Gasteiger partial charge in [0.15, 0.2) is 0 Å². The van der Waals surface area contributed by atoms with E-state index >= 15 is 0 Å². The van der Waals surface area contributed by atoms with E-state index in [-0.39, 0.29) is 34.1 Å². The monoisotopic (exact) mass is 205 g/mol. The van der Waals surface area contributed by atoms with Crippen molar-refractivity contribution in [3.05, 3.63) is 0 Å². The van der Waals surface area contributed by atoms with Crippen LogP contribution in [0.15, 0.2) is 0 Å². The van der Waals surface area contributed by atoms with Gasteiger partial charge in [0.05, 0.1) is 0 Å². The summed E-state index contributed by atoms with van der Waals surface area (Å²) in [5.41, 5.74) is 0. The van der Waals surface area contributed by atoms with Gasteiger partial charge >= 0.3 is 0 Å². The number of hydrogen-bond acceptors (Lipinski definition) is 1. The van der Waals surface area contributed by atoms with Gasteiger partial charge in [-0.3, -0.25) is 0 Å². The first kappa shape index (κ1) is 16.2. The average Bonchev–Trinajstić information content (AvgIpc) is 0.918. The molecule has 0 rings (SSSR count). The van der Waals surface area contributed by atoms with Crippen LogP contribution in [0.4, 0.5) is 0 Å². The van der Waals surface area contributed by atoms with Crippen LogP contribution >= 0.6 is 28.7 Å². The molecule has 0 spiro atoms. The first-order valence-electron chi connectivity index (χ1n) is 0.816. The van der Waals surface area contributed by atoms with Crippen LogP contribution in [0, 0.1) is 0 Å². The van der Waals surface area contributed by atoms with Crippen LogP contribution in [0.1, 0.15) is 0 Å². The smallest absolute Gasteiger partial charge is 0 e.